The third kappa shape index (κ3) is 3.35. The summed E-state index contributed by atoms with van der Waals surface area (Å²) in [5.41, 5.74) is 0.135. The van der Waals surface area contributed by atoms with Crippen LogP contribution in [0.2, 0.25) is 0 Å². The number of aliphatic hydroxyl groups excluding tert-OH is 1. The van der Waals surface area contributed by atoms with Crippen LogP contribution in [0.1, 0.15) is 23.7 Å². The highest BCUT2D eigenvalue weighted by atomic mass is 16.5. The Labute approximate surface area is 100 Å². The molecule has 1 aromatic rings. The lowest BCUT2D eigenvalue weighted by molar-refractivity contribution is 0.0912. The smallest absolute Gasteiger partial charge is 0.255 e. The number of hydrogen-bond acceptors (Lipinski definition) is 4. The van der Waals surface area contributed by atoms with Gasteiger partial charge in [0, 0.05) is 0 Å². The van der Waals surface area contributed by atoms with Gasteiger partial charge in [0.05, 0.1) is 25.3 Å². The highest BCUT2D eigenvalue weighted by Crippen LogP contribution is 2.22. The number of phenols is 1. The van der Waals surface area contributed by atoms with Crippen LogP contribution in [0.25, 0.3) is 0 Å². The fourth-order valence-electron chi connectivity index (χ4n) is 1.36. The van der Waals surface area contributed by atoms with Gasteiger partial charge in [-0.05, 0) is 24.6 Å². The Kier molecular flexibility index (Phi) is 4.78. The molecule has 3 N–H and O–H groups in total. The molecule has 0 aliphatic carbocycles. The first-order valence-electron chi connectivity index (χ1n) is 5.41. The molecule has 0 aromatic heterocycles. The Morgan fingerprint density at radius 2 is 2.24 bits per heavy atom. The molecular weight excluding hydrogens is 222 g/mol. The summed E-state index contributed by atoms with van der Waals surface area (Å²) in [4.78, 5) is 11.8. The molecule has 5 heteroatoms. The average molecular weight is 239 g/mol. The maximum Gasteiger partial charge on any atom is 0.255 e. The van der Waals surface area contributed by atoms with Gasteiger partial charge in [-0.1, -0.05) is 6.92 Å². The van der Waals surface area contributed by atoms with E-state index in [1.54, 1.807) is 6.07 Å². The number of aromatic hydroxyl groups is 1. The van der Waals surface area contributed by atoms with E-state index in [-0.39, 0.29) is 24.0 Å². The molecular formula is C12H17NO4. The van der Waals surface area contributed by atoms with Gasteiger partial charge in [0.2, 0.25) is 0 Å². The minimum Gasteiger partial charge on any atom is -0.507 e. The van der Waals surface area contributed by atoms with Crippen molar-refractivity contribution >= 4 is 5.91 Å². The lowest BCUT2D eigenvalue weighted by Crippen LogP contribution is -2.36. The Morgan fingerprint density at radius 1 is 1.53 bits per heavy atom. The Hall–Kier alpha value is -1.75. The molecule has 1 amide bonds. The molecule has 0 heterocycles. The van der Waals surface area contributed by atoms with E-state index in [9.17, 15) is 9.90 Å². The fourth-order valence-corrected chi connectivity index (χ4v) is 1.36. The Morgan fingerprint density at radius 3 is 2.76 bits per heavy atom. The third-order valence-electron chi connectivity index (χ3n) is 2.50. The first-order valence-corrected chi connectivity index (χ1v) is 5.41. The predicted octanol–water partition coefficient (Wildman–Crippen LogP) is 0.902. The highest BCUT2D eigenvalue weighted by Gasteiger charge is 2.15. The van der Waals surface area contributed by atoms with Gasteiger partial charge in [0.15, 0.2) is 0 Å². The number of hydrogen-bond donors (Lipinski definition) is 3. The second kappa shape index (κ2) is 6.10. The van der Waals surface area contributed by atoms with Crippen LogP contribution in [0.5, 0.6) is 11.5 Å². The van der Waals surface area contributed by atoms with Gasteiger partial charge in [-0.3, -0.25) is 4.79 Å². The summed E-state index contributed by atoms with van der Waals surface area (Å²) < 4.78 is 4.98. The topological polar surface area (TPSA) is 78.8 Å². The minimum atomic E-state index is -0.428. The maximum atomic E-state index is 11.8. The van der Waals surface area contributed by atoms with Crippen LogP contribution in [-0.4, -0.2) is 35.9 Å². The lowest BCUT2D eigenvalue weighted by Gasteiger charge is -2.14. The summed E-state index contributed by atoms with van der Waals surface area (Å²) in [5.74, 6) is -0.0524. The van der Waals surface area contributed by atoms with Gasteiger partial charge in [-0.15, -0.1) is 0 Å². The predicted molar refractivity (Wildman–Crippen MR) is 63.3 cm³/mol. The molecule has 0 radical (unpaired) electrons. The van der Waals surface area contributed by atoms with E-state index in [0.29, 0.717) is 12.2 Å². The summed E-state index contributed by atoms with van der Waals surface area (Å²) in [7, 11) is 1.48. The largest absolute Gasteiger partial charge is 0.507 e. The number of ether oxygens (including phenoxy) is 1. The zero-order valence-electron chi connectivity index (χ0n) is 9.93. The molecule has 94 valence electrons. The van der Waals surface area contributed by atoms with Crippen LogP contribution >= 0.6 is 0 Å². The summed E-state index contributed by atoms with van der Waals surface area (Å²) >= 11 is 0. The number of aliphatic hydroxyl groups is 1. The van der Waals surface area contributed by atoms with Crippen LogP contribution in [0.15, 0.2) is 18.2 Å². The van der Waals surface area contributed by atoms with Crippen molar-refractivity contribution in [2.45, 2.75) is 19.4 Å². The molecule has 5 nitrogen and oxygen atoms in total. The SMILES string of the molecule is CC[C@H](CO)NC(=O)c1cc(OC)ccc1O. The van der Waals surface area contributed by atoms with Crippen molar-refractivity contribution in [2.24, 2.45) is 0 Å². The number of methoxy groups -OCH3 is 1. The molecule has 0 fully saturated rings. The van der Waals surface area contributed by atoms with Gasteiger partial charge in [0.25, 0.3) is 5.91 Å². The molecule has 0 aliphatic rings. The van der Waals surface area contributed by atoms with Crippen molar-refractivity contribution in [1.29, 1.82) is 0 Å². The lowest BCUT2D eigenvalue weighted by atomic mass is 10.1. The van der Waals surface area contributed by atoms with Crippen LogP contribution in [0, 0.1) is 0 Å². The molecule has 0 saturated carbocycles. The number of carbonyl (C=O) groups excluding carboxylic acids is 1. The first kappa shape index (κ1) is 13.3. The van der Waals surface area contributed by atoms with Crippen molar-refractivity contribution < 1.29 is 19.7 Å². The van der Waals surface area contributed by atoms with E-state index in [1.165, 1.54) is 19.2 Å². The summed E-state index contributed by atoms with van der Waals surface area (Å²) in [6.45, 7) is 1.72. The van der Waals surface area contributed by atoms with E-state index in [2.05, 4.69) is 5.32 Å². The zero-order chi connectivity index (χ0) is 12.8. The van der Waals surface area contributed by atoms with E-state index < -0.39 is 5.91 Å². The van der Waals surface area contributed by atoms with E-state index >= 15 is 0 Å². The van der Waals surface area contributed by atoms with Gasteiger partial charge in [0.1, 0.15) is 11.5 Å². The maximum absolute atomic E-state index is 11.8. The van der Waals surface area contributed by atoms with Crippen molar-refractivity contribution in [2.75, 3.05) is 13.7 Å². The summed E-state index contributed by atoms with van der Waals surface area (Å²) in [6.07, 6.45) is 0.618. The number of phenolic OH excluding ortho intramolecular Hbond substituents is 1. The summed E-state index contributed by atoms with van der Waals surface area (Å²) in [5, 5.41) is 21.2. The first-order chi connectivity index (χ1) is 8.12. The monoisotopic (exact) mass is 239 g/mol. The van der Waals surface area contributed by atoms with Crippen LogP contribution in [0.3, 0.4) is 0 Å². The van der Waals surface area contributed by atoms with Crippen LogP contribution < -0.4 is 10.1 Å². The summed E-state index contributed by atoms with van der Waals surface area (Å²) in [6, 6.07) is 4.10. The number of benzene rings is 1. The Balaban J connectivity index is 2.87. The van der Waals surface area contributed by atoms with E-state index in [4.69, 9.17) is 9.84 Å². The number of amides is 1. The molecule has 0 saturated heterocycles. The third-order valence-corrected chi connectivity index (χ3v) is 2.50. The van der Waals surface area contributed by atoms with E-state index in [0.717, 1.165) is 0 Å². The molecule has 1 aromatic carbocycles. The van der Waals surface area contributed by atoms with Crippen molar-refractivity contribution in [3.63, 3.8) is 0 Å². The fraction of sp³-hybridized carbons (Fsp3) is 0.417. The van der Waals surface area contributed by atoms with Gasteiger partial charge in [-0.25, -0.2) is 0 Å². The van der Waals surface area contributed by atoms with Gasteiger partial charge >= 0.3 is 0 Å². The van der Waals surface area contributed by atoms with E-state index in [1.807, 2.05) is 6.92 Å². The molecule has 17 heavy (non-hydrogen) atoms. The van der Waals surface area contributed by atoms with Crippen LogP contribution in [-0.2, 0) is 0 Å². The molecule has 0 unspecified atom stereocenters. The van der Waals surface area contributed by atoms with Crippen molar-refractivity contribution in [3.8, 4) is 11.5 Å². The van der Waals surface area contributed by atoms with Gasteiger partial charge in [-0.2, -0.15) is 0 Å². The Bertz CT molecular complexity index is 388. The molecule has 0 spiro atoms. The normalized spacial score (nSPS) is 11.9. The molecule has 1 atom stereocenters. The molecule has 1 rings (SSSR count). The standard InChI is InChI=1S/C12H17NO4/c1-3-8(7-14)13-12(16)10-6-9(17-2)4-5-11(10)15/h4-6,8,14-15H,3,7H2,1-2H3,(H,13,16)/t8-/m1/s1. The van der Waals surface area contributed by atoms with Crippen molar-refractivity contribution in [1.82, 2.24) is 5.32 Å². The number of carbonyl (C=O) groups is 1. The van der Waals surface area contributed by atoms with Crippen LogP contribution in [0.4, 0.5) is 0 Å². The second-order valence-electron chi connectivity index (χ2n) is 3.64. The van der Waals surface area contributed by atoms with Gasteiger partial charge < -0.3 is 20.3 Å². The second-order valence-corrected chi connectivity index (χ2v) is 3.64. The zero-order valence-corrected chi connectivity index (χ0v) is 9.93. The van der Waals surface area contributed by atoms with Crippen molar-refractivity contribution in [3.05, 3.63) is 23.8 Å². The quantitative estimate of drug-likeness (QED) is 0.713. The average Bonchev–Trinajstić information content (AvgIpc) is 2.36. The number of nitrogens with one attached hydrogen (secondary N) is 1. The minimum absolute atomic E-state index is 0.115. The molecule has 0 bridgehead atoms. The molecule has 0 aliphatic heterocycles. The number of rotatable bonds is 5. The highest BCUT2D eigenvalue weighted by molar-refractivity contribution is 5.97.